The van der Waals surface area contributed by atoms with Gasteiger partial charge < -0.3 is 5.73 Å². The van der Waals surface area contributed by atoms with Crippen molar-refractivity contribution in [1.29, 1.82) is 0 Å². The van der Waals surface area contributed by atoms with Gasteiger partial charge in [0.2, 0.25) is 0 Å². The Kier molecular flexibility index (Phi) is 4.39. The second-order valence-corrected chi connectivity index (χ2v) is 4.86. The summed E-state index contributed by atoms with van der Waals surface area (Å²) in [5.41, 5.74) is 5.44. The highest BCUT2D eigenvalue weighted by molar-refractivity contribution is 7.80. The average Bonchev–Trinajstić information content (AvgIpc) is 2.50. The fourth-order valence-corrected chi connectivity index (χ4v) is 2.41. The van der Waals surface area contributed by atoms with Gasteiger partial charge in [-0.1, -0.05) is 25.6 Å². The van der Waals surface area contributed by atoms with Crippen molar-refractivity contribution in [2.75, 3.05) is 0 Å². The number of thiocarbonyl (C=S) groups is 1. The molecule has 0 aliphatic rings. The molecule has 1 aromatic rings. The van der Waals surface area contributed by atoms with Gasteiger partial charge in [-0.2, -0.15) is 0 Å². The van der Waals surface area contributed by atoms with Crippen molar-refractivity contribution in [3.63, 3.8) is 0 Å². The lowest BCUT2D eigenvalue weighted by molar-refractivity contribution is 0.940. The molecule has 0 atom stereocenters. The molecule has 3 heteroatoms. The minimum absolute atomic E-state index is 0.616. The van der Waals surface area contributed by atoms with Gasteiger partial charge in [-0.25, -0.2) is 0 Å². The van der Waals surface area contributed by atoms with Crippen LogP contribution in [-0.2, 0) is 12.8 Å². The second kappa shape index (κ2) is 5.35. The normalized spacial score (nSPS) is 10.2. The molecule has 2 N–H and O–H groups in total. The fourth-order valence-electron chi connectivity index (χ4n) is 1.18. The molecular formula is C10H15NS2. The summed E-state index contributed by atoms with van der Waals surface area (Å²) in [7, 11) is 0. The van der Waals surface area contributed by atoms with E-state index in [0.717, 1.165) is 12.8 Å². The van der Waals surface area contributed by atoms with E-state index in [9.17, 15) is 0 Å². The van der Waals surface area contributed by atoms with Crippen LogP contribution < -0.4 is 5.73 Å². The first-order valence-electron chi connectivity index (χ1n) is 4.58. The monoisotopic (exact) mass is 213 g/mol. The summed E-state index contributed by atoms with van der Waals surface area (Å²) in [6.45, 7) is 2.20. The Bertz CT molecular complexity index is 278. The van der Waals surface area contributed by atoms with Gasteiger partial charge in [0.05, 0.1) is 4.99 Å². The van der Waals surface area contributed by atoms with E-state index >= 15 is 0 Å². The van der Waals surface area contributed by atoms with Crippen molar-refractivity contribution in [1.82, 2.24) is 0 Å². The van der Waals surface area contributed by atoms with Gasteiger partial charge in [-0.15, -0.1) is 11.3 Å². The van der Waals surface area contributed by atoms with Gasteiger partial charge in [0.25, 0.3) is 0 Å². The lowest BCUT2D eigenvalue weighted by Crippen LogP contribution is -2.07. The fraction of sp³-hybridized carbons (Fsp3) is 0.500. The third-order valence-electron chi connectivity index (χ3n) is 1.83. The van der Waals surface area contributed by atoms with Crippen molar-refractivity contribution < 1.29 is 0 Å². The first-order chi connectivity index (χ1) is 6.22. The van der Waals surface area contributed by atoms with Crippen LogP contribution >= 0.6 is 23.6 Å². The topological polar surface area (TPSA) is 26.0 Å². The van der Waals surface area contributed by atoms with Crippen molar-refractivity contribution in [2.24, 2.45) is 5.73 Å². The van der Waals surface area contributed by atoms with Crippen LogP contribution in [0.1, 0.15) is 29.5 Å². The number of aryl methyl sites for hydroxylation is 2. The number of rotatable bonds is 5. The summed E-state index contributed by atoms with van der Waals surface area (Å²) >= 11 is 6.72. The van der Waals surface area contributed by atoms with E-state index < -0.39 is 0 Å². The summed E-state index contributed by atoms with van der Waals surface area (Å²) in [5, 5.41) is 0. The Morgan fingerprint density at radius 1 is 1.38 bits per heavy atom. The Morgan fingerprint density at radius 2 is 2.00 bits per heavy atom. The molecule has 1 aromatic heterocycles. The van der Waals surface area contributed by atoms with Gasteiger partial charge in [0, 0.05) is 16.2 Å². The molecule has 1 nitrogen and oxygen atoms in total. The summed E-state index contributed by atoms with van der Waals surface area (Å²) < 4.78 is 0. The third-order valence-corrected chi connectivity index (χ3v) is 3.24. The number of hydrogen-bond acceptors (Lipinski definition) is 2. The molecule has 1 heterocycles. The molecule has 0 unspecified atom stereocenters. The lowest BCUT2D eigenvalue weighted by atomic mass is 10.2. The predicted octanol–water partition coefficient (Wildman–Crippen LogP) is 2.92. The molecule has 0 saturated carbocycles. The SMILES string of the molecule is CCCc1ccc(CCC(N)=S)s1. The Labute approximate surface area is 89.0 Å². The highest BCUT2D eigenvalue weighted by Crippen LogP contribution is 2.19. The van der Waals surface area contributed by atoms with Crippen LogP contribution in [-0.4, -0.2) is 4.99 Å². The molecule has 0 radical (unpaired) electrons. The van der Waals surface area contributed by atoms with Crippen LogP contribution in [0.3, 0.4) is 0 Å². The molecule has 1 rings (SSSR count). The lowest BCUT2D eigenvalue weighted by Gasteiger charge is -1.94. The molecule has 0 aromatic carbocycles. The van der Waals surface area contributed by atoms with E-state index in [1.165, 1.54) is 22.6 Å². The van der Waals surface area contributed by atoms with Gasteiger partial charge in [-0.05, 0) is 25.0 Å². The molecular weight excluding hydrogens is 198 g/mol. The van der Waals surface area contributed by atoms with Gasteiger partial charge in [-0.3, -0.25) is 0 Å². The summed E-state index contributed by atoms with van der Waals surface area (Å²) in [5.74, 6) is 0. The average molecular weight is 213 g/mol. The van der Waals surface area contributed by atoms with E-state index in [1.807, 2.05) is 11.3 Å². The van der Waals surface area contributed by atoms with Crippen LogP contribution in [0, 0.1) is 0 Å². The highest BCUT2D eigenvalue weighted by atomic mass is 32.1. The molecule has 0 bridgehead atoms. The molecule has 0 aliphatic carbocycles. The number of nitrogens with two attached hydrogens (primary N) is 1. The van der Waals surface area contributed by atoms with Crippen LogP contribution in [0.4, 0.5) is 0 Å². The van der Waals surface area contributed by atoms with Gasteiger partial charge >= 0.3 is 0 Å². The zero-order chi connectivity index (χ0) is 9.68. The second-order valence-electron chi connectivity index (χ2n) is 3.08. The summed E-state index contributed by atoms with van der Waals surface area (Å²) in [6.07, 6.45) is 4.25. The van der Waals surface area contributed by atoms with Crippen LogP contribution in [0.2, 0.25) is 0 Å². The summed E-state index contributed by atoms with van der Waals surface area (Å²) in [6, 6.07) is 4.40. The standard InChI is InChI=1S/C10H15NS2/c1-2-3-8-4-5-9(13-8)6-7-10(11)12/h4-5H,2-3,6-7H2,1H3,(H2,11,12). The maximum atomic E-state index is 5.44. The van der Waals surface area contributed by atoms with Crippen LogP contribution in [0.25, 0.3) is 0 Å². The van der Waals surface area contributed by atoms with Gasteiger partial charge in [0.15, 0.2) is 0 Å². The Morgan fingerprint density at radius 3 is 2.54 bits per heavy atom. The van der Waals surface area contributed by atoms with E-state index in [0.29, 0.717) is 4.99 Å². The van der Waals surface area contributed by atoms with Crippen molar-refractivity contribution >= 4 is 28.5 Å². The number of hydrogen-bond donors (Lipinski definition) is 1. The molecule has 0 aliphatic heterocycles. The van der Waals surface area contributed by atoms with E-state index in [-0.39, 0.29) is 0 Å². The zero-order valence-corrected chi connectivity index (χ0v) is 9.51. The van der Waals surface area contributed by atoms with Gasteiger partial charge in [0.1, 0.15) is 0 Å². The van der Waals surface area contributed by atoms with E-state index in [4.69, 9.17) is 18.0 Å². The van der Waals surface area contributed by atoms with Crippen molar-refractivity contribution in [3.05, 3.63) is 21.9 Å². The van der Waals surface area contributed by atoms with Crippen LogP contribution in [0.5, 0.6) is 0 Å². The minimum atomic E-state index is 0.616. The highest BCUT2D eigenvalue weighted by Gasteiger charge is 1.99. The molecule has 72 valence electrons. The maximum absolute atomic E-state index is 5.44. The molecule has 0 saturated heterocycles. The first-order valence-corrected chi connectivity index (χ1v) is 5.80. The van der Waals surface area contributed by atoms with E-state index in [1.54, 1.807) is 0 Å². The quantitative estimate of drug-likeness (QED) is 0.761. The third kappa shape index (κ3) is 3.87. The molecule has 0 fully saturated rings. The Balaban J connectivity index is 2.44. The van der Waals surface area contributed by atoms with Crippen LogP contribution in [0.15, 0.2) is 12.1 Å². The Hall–Kier alpha value is -0.410. The largest absolute Gasteiger partial charge is 0.393 e. The smallest absolute Gasteiger partial charge is 0.0730 e. The van der Waals surface area contributed by atoms with Crippen molar-refractivity contribution in [2.45, 2.75) is 32.6 Å². The van der Waals surface area contributed by atoms with E-state index in [2.05, 4.69) is 19.1 Å². The zero-order valence-electron chi connectivity index (χ0n) is 7.88. The molecule has 0 spiro atoms. The maximum Gasteiger partial charge on any atom is 0.0730 e. The molecule has 0 amide bonds. The van der Waals surface area contributed by atoms with Crippen molar-refractivity contribution in [3.8, 4) is 0 Å². The summed E-state index contributed by atoms with van der Waals surface area (Å²) in [4.78, 5) is 3.49. The molecule has 13 heavy (non-hydrogen) atoms. The number of thiophene rings is 1. The first kappa shape index (κ1) is 10.7. The predicted molar refractivity (Wildman–Crippen MR) is 63.4 cm³/mol. The minimum Gasteiger partial charge on any atom is -0.393 e.